The molecule has 0 fully saturated rings. The third-order valence-corrected chi connectivity index (χ3v) is 6.43. The molecular weight excluding hydrogens is 374 g/mol. The normalized spacial score (nSPS) is 12.9. The van der Waals surface area contributed by atoms with Crippen molar-refractivity contribution < 1.29 is 0 Å². The van der Waals surface area contributed by atoms with Crippen LogP contribution in [0.5, 0.6) is 0 Å². The van der Waals surface area contributed by atoms with Crippen LogP contribution in [0.2, 0.25) is 0 Å². The van der Waals surface area contributed by atoms with Crippen molar-refractivity contribution in [1.82, 2.24) is 4.57 Å². The van der Waals surface area contributed by atoms with Crippen LogP contribution in [-0.4, -0.2) is 4.57 Å². The molecule has 1 heterocycles. The van der Waals surface area contributed by atoms with Gasteiger partial charge in [-0.25, -0.2) is 0 Å². The number of rotatable bonds is 2. The van der Waals surface area contributed by atoms with E-state index >= 15 is 0 Å². The Hall–Kier alpha value is -3.84. The number of hydrogen-bond acceptors (Lipinski definition) is 0. The van der Waals surface area contributed by atoms with Gasteiger partial charge in [0.25, 0.3) is 0 Å². The first-order chi connectivity index (χ1) is 15.3. The smallest absolute Gasteiger partial charge is 0.0547 e. The summed E-state index contributed by atoms with van der Waals surface area (Å²) in [5.74, 6) is 0. The van der Waals surface area contributed by atoms with Crippen molar-refractivity contribution in [2.75, 3.05) is 0 Å². The van der Waals surface area contributed by atoms with Crippen molar-refractivity contribution in [2.45, 2.75) is 13.8 Å². The van der Waals surface area contributed by atoms with Gasteiger partial charge in [0.15, 0.2) is 0 Å². The van der Waals surface area contributed by atoms with Crippen LogP contribution < -0.4 is 0 Å². The summed E-state index contributed by atoms with van der Waals surface area (Å²) < 4.78 is 2.39. The molecule has 1 nitrogen and oxygen atoms in total. The highest BCUT2D eigenvalue weighted by Crippen LogP contribution is 2.40. The quantitative estimate of drug-likeness (QED) is 0.203. The number of fused-ring (bicyclic) bond motifs is 9. The van der Waals surface area contributed by atoms with Crippen LogP contribution in [0.25, 0.3) is 59.8 Å². The summed E-state index contributed by atoms with van der Waals surface area (Å²) in [5, 5.41) is 10.5. The zero-order valence-corrected chi connectivity index (χ0v) is 17.8. The predicted molar refractivity (Wildman–Crippen MR) is 137 cm³/mol. The van der Waals surface area contributed by atoms with E-state index in [1.54, 1.807) is 0 Å². The molecule has 0 N–H and O–H groups in total. The van der Waals surface area contributed by atoms with Gasteiger partial charge in [0.05, 0.1) is 11.0 Å². The largest absolute Gasteiger partial charge is 0.310 e. The second-order valence-electron chi connectivity index (χ2n) is 8.07. The van der Waals surface area contributed by atoms with E-state index in [0.717, 1.165) is 0 Å². The first-order valence-corrected chi connectivity index (χ1v) is 10.9. The number of nitrogens with zero attached hydrogens (tertiary/aromatic N) is 1. The Morgan fingerprint density at radius 1 is 0.581 bits per heavy atom. The van der Waals surface area contributed by atoms with Gasteiger partial charge in [0.1, 0.15) is 0 Å². The monoisotopic (exact) mass is 397 g/mol. The topological polar surface area (TPSA) is 4.93 Å². The predicted octanol–water partition coefficient (Wildman–Crippen LogP) is 8.69. The molecule has 0 unspecified atom stereocenters. The lowest BCUT2D eigenvalue weighted by Gasteiger charge is -2.11. The van der Waals surface area contributed by atoms with E-state index in [1.165, 1.54) is 59.8 Å². The van der Waals surface area contributed by atoms with E-state index in [2.05, 4.69) is 122 Å². The molecule has 5 aromatic carbocycles. The minimum atomic E-state index is 1.19. The first-order valence-electron chi connectivity index (χ1n) is 10.9. The summed E-state index contributed by atoms with van der Waals surface area (Å²) in [6.07, 6.45) is 6.48. The molecule has 0 amide bonds. The van der Waals surface area contributed by atoms with Crippen molar-refractivity contribution in [3.8, 4) is 0 Å². The van der Waals surface area contributed by atoms with Gasteiger partial charge in [-0.2, -0.15) is 0 Å². The van der Waals surface area contributed by atoms with Crippen LogP contribution in [0, 0.1) is 0 Å². The molecule has 6 aromatic rings. The molecule has 0 saturated carbocycles. The molecule has 0 aliphatic carbocycles. The summed E-state index contributed by atoms with van der Waals surface area (Å²) >= 11 is 0. The minimum absolute atomic E-state index is 1.19. The standard InChI is InChI=1S/C30H23N/c1-3-9-22(4-2)31-27-13-8-7-12-26(27)30-25-17-16-21-15-14-20-10-5-6-11-23(20)29(21)24(25)18-19-28(30)31/h3-19H,1-2H3/b9-3-,22-4+. The number of hydrogen-bond donors (Lipinski definition) is 0. The third kappa shape index (κ3) is 2.50. The van der Waals surface area contributed by atoms with Crippen molar-refractivity contribution in [2.24, 2.45) is 0 Å². The van der Waals surface area contributed by atoms with Crippen LogP contribution in [0.4, 0.5) is 0 Å². The Kier molecular flexibility index (Phi) is 3.97. The Morgan fingerprint density at radius 3 is 2.10 bits per heavy atom. The lowest BCUT2D eigenvalue weighted by Crippen LogP contribution is -1.94. The highest BCUT2D eigenvalue weighted by Gasteiger charge is 2.16. The van der Waals surface area contributed by atoms with Gasteiger partial charge in [-0.15, -0.1) is 0 Å². The maximum absolute atomic E-state index is 2.39. The van der Waals surface area contributed by atoms with E-state index in [-0.39, 0.29) is 0 Å². The van der Waals surface area contributed by atoms with E-state index in [0.29, 0.717) is 0 Å². The van der Waals surface area contributed by atoms with Gasteiger partial charge >= 0.3 is 0 Å². The van der Waals surface area contributed by atoms with Crippen molar-refractivity contribution in [3.05, 3.63) is 103 Å². The Balaban J connectivity index is 1.87. The van der Waals surface area contributed by atoms with Crippen molar-refractivity contribution in [3.63, 3.8) is 0 Å². The summed E-state index contributed by atoms with van der Waals surface area (Å²) in [6, 6.07) is 31.1. The van der Waals surface area contributed by atoms with Crippen molar-refractivity contribution >= 4 is 59.8 Å². The van der Waals surface area contributed by atoms with E-state index in [9.17, 15) is 0 Å². The Morgan fingerprint density at radius 2 is 1.26 bits per heavy atom. The van der Waals surface area contributed by atoms with Crippen LogP contribution in [0.1, 0.15) is 13.8 Å². The molecule has 0 radical (unpaired) electrons. The molecule has 31 heavy (non-hydrogen) atoms. The minimum Gasteiger partial charge on any atom is -0.310 e. The molecule has 0 aliphatic heterocycles. The molecule has 1 aromatic heterocycles. The second kappa shape index (κ2) is 6.85. The van der Waals surface area contributed by atoms with E-state index < -0.39 is 0 Å². The first kappa shape index (κ1) is 18.0. The van der Waals surface area contributed by atoms with Gasteiger partial charge < -0.3 is 4.57 Å². The second-order valence-corrected chi connectivity index (χ2v) is 8.07. The Labute approximate surface area is 181 Å². The molecule has 0 atom stereocenters. The molecular formula is C30H23N. The molecule has 0 saturated heterocycles. The fraction of sp³-hybridized carbons (Fsp3) is 0.0667. The van der Waals surface area contributed by atoms with Crippen LogP contribution in [0.3, 0.4) is 0 Å². The average Bonchev–Trinajstić information content (AvgIpc) is 3.16. The Bertz CT molecular complexity index is 1690. The average molecular weight is 398 g/mol. The SMILES string of the molecule is C/C=C\C(=C/C)n1c2ccccc2c2c3ccc4ccc5ccccc5c4c3ccc21. The van der Waals surface area contributed by atoms with Crippen molar-refractivity contribution in [1.29, 1.82) is 0 Å². The molecule has 0 spiro atoms. The van der Waals surface area contributed by atoms with Crippen LogP contribution >= 0.6 is 0 Å². The molecule has 1 heteroatoms. The summed E-state index contributed by atoms with van der Waals surface area (Å²) in [6.45, 7) is 4.18. The lowest BCUT2D eigenvalue weighted by atomic mass is 9.94. The maximum Gasteiger partial charge on any atom is 0.0547 e. The summed E-state index contributed by atoms with van der Waals surface area (Å²) in [4.78, 5) is 0. The fourth-order valence-electron chi connectivity index (χ4n) is 5.13. The van der Waals surface area contributed by atoms with E-state index in [1.807, 2.05) is 0 Å². The summed E-state index contributed by atoms with van der Waals surface area (Å²) in [5.41, 5.74) is 3.69. The molecule has 0 aliphatic rings. The molecule has 0 bridgehead atoms. The maximum atomic E-state index is 2.39. The lowest BCUT2D eigenvalue weighted by molar-refractivity contribution is 1.23. The van der Waals surface area contributed by atoms with Gasteiger partial charge in [-0.1, -0.05) is 84.9 Å². The molecule has 6 rings (SSSR count). The zero-order chi connectivity index (χ0) is 20.9. The van der Waals surface area contributed by atoms with Gasteiger partial charge in [-0.3, -0.25) is 0 Å². The highest BCUT2D eigenvalue weighted by molar-refractivity contribution is 6.29. The summed E-state index contributed by atoms with van der Waals surface area (Å²) in [7, 11) is 0. The zero-order valence-electron chi connectivity index (χ0n) is 17.8. The molecule has 148 valence electrons. The van der Waals surface area contributed by atoms with E-state index in [4.69, 9.17) is 0 Å². The highest BCUT2D eigenvalue weighted by atomic mass is 15.0. The third-order valence-electron chi connectivity index (χ3n) is 6.43. The number of aromatic nitrogens is 1. The van der Waals surface area contributed by atoms with Gasteiger partial charge in [-0.05, 0) is 64.4 Å². The van der Waals surface area contributed by atoms with Gasteiger partial charge in [0.2, 0.25) is 0 Å². The van der Waals surface area contributed by atoms with Crippen LogP contribution in [0.15, 0.2) is 103 Å². The number of para-hydroxylation sites is 1. The number of allylic oxidation sites excluding steroid dienone is 4. The number of benzene rings is 5. The fourth-order valence-corrected chi connectivity index (χ4v) is 5.13. The van der Waals surface area contributed by atoms with Crippen LogP contribution in [-0.2, 0) is 0 Å². The van der Waals surface area contributed by atoms with Gasteiger partial charge in [0, 0.05) is 16.5 Å².